The molecule has 9 N–H and O–H groups in total. The molecule has 0 aliphatic rings. The molecule has 37 heavy (non-hydrogen) atoms. The highest BCUT2D eigenvalue weighted by Crippen LogP contribution is 2.61. The Morgan fingerprint density at radius 1 is 0.351 bits per heavy atom. The minimum atomic E-state index is -1.14. The summed E-state index contributed by atoms with van der Waals surface area (Å²) in [6.07, 6.45) is 0. The molecular formula is C28H18O9. The first kappa shape index (κ1) is 22.1. The molecule has 0 bridgehead atoms. The Hall–Kier alpha value is -5.44. The van der Waals surface area contributed by atoms with E-state index < -0.39 is 73.3 Å². The largest absolute Gasteiger partial charge is 0.506 e. The van der Waals surface area contributed by atoms with Gasteiger partial charge in [-0.05, 0) is 33.2 Å². The predicted octanol–water partition coefficient (Wildman–Crippen LogP) is 5.32. The molecule has 0 heterocycles. The fourth-order valence-electron chi connectivity index (χ4n) is 5.04. The smallest absolute Gasteiger partial charge is 0.205 e. The van der Waals surface area contributed by atoms with Crippen molar-refractivity contribution in [1.29, 1.82) is 0 Å². The third kappa shape index (κ3) is 2.73. The summed E-state index contributed by atoms with van der Waals surface area (Å²) < 4.78 is 0. The summed E-state index contributed by atoms with van der Waals surface area (Å²) in [6, 6.07) is 16.4. The van der Waals surface area contributed by atoms with Gasteiger partial charge < -0.3 is 46.0 Å². The van der Waals surface area contributed by atoms with Crippen LogP contribution in [-0.4, -0.2) is 46.0 Å². The van der Waals surface area contributed by atoms with E-state index in [4.69, 9.17) is 0 Å². The van der Waals surface area contributed by atoms with E-state index in [1.807, 2.05) is 36.4 Å². The number of phenolic OH excluding ortho intramolecular Hbond substituents is 9. The standard InChI is InChI=1S/C28H18O9/c29-20-18-16(21(30)25(34)27(36)23(18)32)15(17-19(20)24(33)28(37)26(35)22(17)31)12-8-7-11-6-5-10-3-1-2-4-13(10)14(11)9-12/h1-9,29-37H. The number of hydrogen-bond acceptors (Lipinski definition) is 9. The lowest BCUT2D eigenvalue weighted by molar-refractivity contribution is 0.348. The fraction of sp³-hybridized carbons (Fsp3) is 0. The van der Waals surface area contributed by atoms with Gasteiger partial charge in [0.25, 0.3) is 0 Å². The zero-order chi connectivity index (χ0) is 26.3. The van der Waals surface area contributed by atoms with E-state index in [0.717, 1.165) is 21.5 Å². The third-order valence-electron chi connectivity index (χ3n) is 6.80. The molecule has 0 spiro atoms. The van der Waals surface area contributed by atoms with Crippen LogP contribution in [0, 0.1) is 0 Å². The summed E-state index contributed by atoms with van der Waals surface area (Å²) >= 11 is 0. The number of phenols is 9. The van der Waals surface area contributed by atoms with Crippen LogP contribution in [-0.2, 0) is 0 Å². The van der Waals surface area contributed by atoms with E-state index in [1.54, 1.807) is 18.2 Å². The summed E-state index contributed by atoms with van der Waals surface area (Å²) in [5, 5.41) is 96.4. The molecule has 0 aliphatic carbocycles. The van der Waals surface area contributed by atoms with Gasteiger partial charge >= 0.3 is 0 Å². The average molecular weight is 498 g/mol. The summed E-state index contributed by atoms with van der Waals surface area (Å²) in [5.41, 5.74) is 0.155. The molecule has 0 atom stereocenters. The Morgan fingerprint density at radius 2 is 0.784 bits per heavy atom. The first-order chi connectivity index (χ1) is 17.6. The van der Waals surface area contributed by atoms with Gasteiger partial charge in [0, 0.05) is 16.3 Å². The molecule has 9 nitrogen and oxygen atoms in total. The number of benzene rings is 6. The molecule has 184 valence electrons. The Bertz CT molecular complexity index is 1900. The van der Waals surface area contributed by atoms with Crippen LogP contribution in [0.4, 0.5) is 0 Å². The zero-order valence-electron chi connectivity index (χ0n) is 18.7. The van der Waals surface area contributed by atoms with E-state index in [9.17, 15) is 46.0 Å². The van der Waals surface area contributed by atoms with Gasteiger partial charge in [-0.1, -0.05) is 48.5 Å². The number of aromatic hydroxyl groups is 9. The number of rotatable bonds is 1. The number of hydrogen-bond donors (Lipinski definition) is 9. The van der Waals surface area contributed by atoms with Crippen LogP contribution < -0.4 is 0 Å². The Kier molecular flexibility index (Phi) is 4.34. The van der Waals surface area contributed by atoms with E-state index in [2.05, 4.69) is 0 Å². The molecule has 0 saturated heterocycles. The van der Waals surface area contributed by atoms with Gasteiger partial charge in [-0.15, -0.1) is 0 Å². The Labute approximate surface area is 206 Å². The zero-order valence-corrected chi connectivity index (χ0v) is 18.7. The summed E-state index contributed by atoms with van der Waals surface area (Å²) in [5.74, 6) is -9.34. The molecule has 0 radical (unpaired) electrons. The molecule has 0 aromatic heterocycles. The lowest BCUT2D eigenvalue weighted by atomic mass is 9.87. The summed E-state index contributed by atoms with van der Waals surface area (Å²) in [7, 11) is 0. The second kappa shape index (κ2) is 7.28. The van der Waals surface area contributed by atoms with Crippen molar-refractivity contribution in [3.8, 4) is 62.9 Å². The van der Waals surface area contributed by atoms with Crippen LogP contribution in [0.1, 0.15) is 0 Å². The molecule has 0 unspecified atom stereocenters. The quantitative estimate of drug-likeness (QED) is 0.0627. The monoisotopic (exact) mass is 498 g/mol. The van der Waals surface area contributed by atoms with Crippen LogP contribution in [0.3, 0.4) is 0 Å². The number of fused-ring (bicyclic) bond motifs is 5. The lowest BCUT2D eigenvalue weighted by Gasteiger charge is -2.20. The fourth-order valence-corrected chi connectivity index (χ4v) is 5.04. The topological polar surface area (TPSA) is 182 Å². The Morgan fingerprint density at radius 3 is 1.32 bits per heavy atom. The van der Waals surface area contributed by atoms with Gasteiger partial charge in [-0.3, -0.25) is 0 Å². The highest BCUT2D eigenvalue weighted by atomic mass is 16.4. The van der Waals surface area contributed by atoms with Crippen LogP contribution in [0.25, 0.3) is 54.2 Å². The van der Waals surface area contributed by atoms with Crippen molar-refractivity contribution < 1.29 is 46.0 Å². The van der Waals surface area contributed by atoms with Crippen LogP contribution in [0.5, 0.6) is 51.7 Å². The predicted molar refractivity (Wildman–Crippen MR) is 137 cm³/mol. The van der Waals surface area contributed by atoms with Gasteiger partial charge in [0.1, 0.15) is 5.75 Å². The molecule has 0 saturated carbocycles. The summed E-state index contributed by atoms with van der Waals surface area (Å²) in [4.78, 5) is 0. The molecular weight excluding hydrogens is 480 g/mol. The molecule has 6 rings (SSSR count). The molecule has 0 aliphatic heterocycles. The third-order valence-corrected chi connectivity index (χ3v) is 6.80. The maximum absolute atomic E-state index is 11.0. The van der Waals surface area contributed by atoms with E-state index in [1.165, 1.54) is 0 Å². The minimum Gasteiger partial charge on any atom is -0.506 e. The van der Waals surface area contributed by atoms with Crippen molar-refractivity contribution >= 4 is 43.1 Å². The van der Waals surface area contributed by atoms with Gasteiger partial charge in [0.2, 0.25) is 23.0 Å². The maximum atomic E-state index is 11.0. The van der Waals surface area contributed by atoms with Crippen LogP contribution in [0.15, 0.2) is 54.6 Å². The van der Waals surface area contributed by atoms with Crippen molar-refractivity contribution in [2.45, 2.75) is 0 Å². The molecule has 0 amide bonds. The van der Waals surface area contributed by atoms with E-state index in [-0.39, 0.29) is 11.1 Å². The first-order valence-corrected chi connectivity index (χ1v) is 11.0. The average Bonchev–Trinajstić information content (AvgIpc) is 2.91. The van der Waals surface area contributed by atoms with Crippen molar-refractivity contribution in [3.63, 3.8) is 0 Å². The highest BCUT2D eigenvalue weighted by molar-refractivity contribution is 6.25. The van der Waals surface area contributed by atoms with Gasteiger partial charge in [0.15, 0.2) is 23.0 Å². The minimum absolute atomic E-state index is 0.121. The van der Waals surface area contributed by atoms with E-state index >= 15 is 0 Å². The second-order valence-electron chi connectivity index (χ2n) is 8.74. The van der Waals surface area contributed by atoms with Gasteiger partial charge in [0.05, 0.1) is 10.8 Å². The van der Waals surface area contributed by atoms with Crippen molar-refractivity contribution in [3.05, 3.63) is 54.6 Å². The summed E-state index contributed by atoms with van der Waals surface area (Å²) in [6.45, 7) is 0. The molecule has 6 aromatic rings. The van der Waals surface area contributed by atoms with Crippen molar-refractivity contribution in [1.82, 2.24) is 0 Å². The van der Waals surface area contributed by atoms with Gasteiger partial charge in [-0.2, -0.15) is 0 Å². The normalized spacial score (nSPS) is 11.7. The first-order valence-electron chi connectivity index (χ1n) is 11.0. The van der Waals surface area contributed by atoms with Crippen molar-refractivity contribution in [2.24, 2.45) is 0 Å². The lowest BCUT2D eigenvalue weighted by Crippen LogP contribution is -1.92. The highest BCUT2D eigenvalue weighted by Gasteiger charge is 2.31. The molecule has 6 aromatic carbocycles. The molecule has 0 fully saturated rings. The SMILES string of the molecule is Oc1c(O)c(O)c2c(-c3ccc4ccc5ccccc5c4c3)c3c(O)c(O)c(O)c(O)c3c(O)c2c1O. The molecule has 9 heteroatoms. The van der Waals surface area contributed by atoms with Crippen LogP contribution in [0.2, 0.25) is 0 Å². The Balaban J connectivity index is 1.93. The maximum Gasteiger partial charge on any atom is 0.205 e. The van der Waals surface area contributed by atoms with Gasteiger partial charge in [-0.25, -0.2) is 0 Å². The second-order valence-corrected chi connectivity index (χ2v) is 8.74. The van der Waals surface area contributed by atoms with E-state index in [0.29, 0.717) is 0 Å². The van der Waals surface area contributed by atoms with Crippen LogP contribution >= 0.6 is 0 Å². The van der Waals surface area contributed by atoms with Crippen molar-refractivity contribution in [2.75, 3.05) is 0 Å².